The fourth-order valence-electron chi connectivity index (χ4n) is 2.83. The van der Waals surface area contributed by atoms with Gasteiger partial charge in [-0.2, -0.15) is 5.10 Å². The second-order valence-electron chi connectivity index (χ2n) is 6.86. The Morgan fingerprint density at radius 2 is 1.78 bits per heavy atom. The molecule has 0 fully saturated rings. The molecule has 0 aliphatic heterocycles. The number of rotatable bonds is 8. The zero-order chi connectivity index (χ0) is 23.1. The first-order valence-electron chi connectivity index (χ1n) is 9.64. The number of nitrogens with one attached hydrogen (secondary N) is 1. The lowest BCUT2D eigenvalue weighted by Gasteiger charge is -2.13. The number of ether oxygens (including phenoxy) is 3. The van der Waals surface area contributed by atoms with Crippen LogP contribution in [0.25, 0.3) is 0 Å². The molecule has 32 heavy (non-hydrogen) atoms. The lowest BCUT2D eigenvalue weighted by molar-refractivity contribution is 0.0954. The summed E-state index contributed by atoms with van der Waals surface area (Å²) in [6.45, 7) is 2.39. The first-order valence-corrected chi connectivity index (χ1v) is 11.1. The average molecular weight is 565 g/mol. The van der Waals surface area contributed by atoms with Crippen molar-refractivity contribution < 1.29 is 19.0 Å². The normalized spacial score (nSPS) is 10.8. The molecule has 3 aromatic rings. The van der Waals surface area contributed by atoms with E-state index >= 15 is 0 Å². The van der Waals surface area contributed by atoms with E-state index in [-0.39, 0.29) is 5.91 Å². The molecule has 0 unspecified atom stereocenters. The van der Waals surface area contributed by atoms with E-state index in [2.05, 4.69) is 33.1 Å². The Balaban J connectivity index is 1.69. The van der Waals surface area contributed by atoms with Gasteiger partial charge in [-0.3, -0.25) is 4.79 Å². The summed E-state index contributed by atoms with van der Waals surface area (Å²) < 4.78 is 17.5. The third kappa shape index (κ3) is 6.14. The highest BCUT2D eigenvalue weighted by molar-refractivity contribution is 14.1. The van der Waals surface area contributed by atoms with Gasteiger partial charge in [0.15, 0.2) is 11.5 Å². The summed E-state index contributed by atoms with van der Waals surface area (Å²) >= 11 is 8.56. The van der Waals surface area contributed by atoms with E-state index in [4.69, 9.17) is 25.8 Å². The molecule has 0 spiro atoms. The second kappa shape index (κ2) is 11.2. The number of halogens is 2. The maximum Gasteiger partial charge on any atom is 0.271 e. The molecule has 0 aliphatic carbocycles. The first kappa shape index (κ1) is 23.9. The lowest BCUT2D eigenvalue weighted by Crippen LogP contribution is -2.17. The third-order valence-corrected chi connectivity index (χ3v) is 5.72. The highest BCUT2D eigenvalue weighted by Gasteiger charge is 2.12. The van der Waals surface area contributed by atoms with Crippen molar-refractivity contribution in [1.82, 2.24) is 5.43 Å². The monoisotopic (exact) mass is 564 g/mol. The Kier molecular flexibility index (Phi) is 8.35. The van der Waals surface area contributed by atoms with Gasteiger partial charge in [0, 0.05) is 5.56 Å². The maximum absolute atomic E-state index is 12.3. The number of amides is 1. The number of aryl methyl sites for hydroxylation is 1. The van der Waals surface area contributed by atoms with Gasteiger partial charge in [0.1, 0.15) is 12.4 Å². The SMILES string of the molecule is COc1cc(C(=O)N/N=C\c2cc(Cl)c(OCc3ccc(C)cc3)c(OC)c2)ccc1I. The fraction of sp³-hybridized carbons (Fsp3) is 0.167. The van der Waals surface area contributed by atoms with Crippen LogP contribution in [0.3, 0.4) is 0 Å². The molecule has 0 heterocycles. The molecule has 0 aliphatic rings. The molecule has 0 aromatic heterocycles. The van der Waals surface area contributed by atoms with Crippen molar-refractivity contribution in [3.05, 3.63) is 85.4 Å². The summed E-state index contributed by atoms with van der Waals surface area (Å²) in [6, 6.07) is 16.7. The van der Waals surface area contributed by atoms with Crippen LogP contribution in [0.5, 0.6) is 17.2 Å². The summed E-state index contributed by atoms with van der Waals surface area (Å²) in [5.74, 6) is 1.19. The number of hydrogen-bond donors (Lipinski definition) is 1. The van der Waals surface area contributed by atoms with E-state index in [1.54, 1.807) is 37.4 Å². The van der Waals surface area contributed by atoms with Crippen LogP contribution in [-0.2, 0) is 6.61 Å². The number of carbonyl (C=O) groups excluding carboxylic acids is 1. The number of nitrogens with zero attached hydrogens (tertiary/aromatic N) is 1. The Hall–Kier alpha value is -2.78. The van der Waals surface area contributed by atoms with Gasteiger partial charge in [-0.25, -0.2) is 5.43 Å². The molecule has 0 radical (unpaired) electrons. The van der Waals surface area contributed by atoms with Crippen LogP contribution < -0.4 is 19.6 Å². The number of carbonyl (C=O) groups is 1. The van der Waals surface area contributed by atoms with E-state index in [0.717, 1.165) is 9.13 Å². The Morgan fingerprint density at radius 3 is 2.47 bits per heavy atom. The van der Waals surface area contributed by atoms with Crippen LogP contribution in [0.2, 0.25) is 5.02 Å². The molecule has 1 amide bonds. The number of methoxy groups -OCH3 is 2. The topological polar surface area (TPSA) is 69.2 Å². The van der Waals surface area contributed by atoms with Gasteiger partial charge in [-0.15, -0.1) is 0 Å². The predicted octanol–water partition coefficient (Wildman–Crippen LogP) is 5.61. The maximum atomic E-state index is 12.3. The molecule has 6 nitrogen and oxygen atoms in total. The molecule has 3 aromatic carbocycles. The van der Waals surface area contributed by atoms with Crippen LogP contribution in [0.1, 0.15) is 27.0 Å². The van der Waals surface area contributed by atoms with Crippen molar-refractivity contribution in [2.24, 2.45) is 5.10 Å². The summed E-state index contributed by atoms with van der Waals surface area (Å²) in [5.41, 5.74) is 5.79. The summed E-state index contributed by atoms with van der Waals surface area (Å²) in [5, 5.41) is 4.40. The van der Waals surface area contributed by atoms with Crippen LogP contribution in [0.4, 0.5) is 0 Å². The summed E-state index contributed by atoms with van der Waals surface area (Å²) in [7, 11) is 3.10. The zero-order valence-electron chi connectivity index (χ0n) is 17.8. The van der Waals surface area contributed by atoms with Gasteiger partial charge in [-0.1, -0.05) is 41.4 Å². The minimum atomic E-state index is -0.355. The highest BCUT2D eigenvalue weighted by Crippen LogP contribution is 2.36. The standard InChI is InChI=1S/C24H22ClIN2O4/c1-15-4-6-16(7-5-15)14-32-23-19(25)10-17(11-22(23)31-3)13-27-28-24(29)18-8-9-20(26)21(12-18)30-2/h4-13H,14H2,1-3H3,(H,28,29)/b27-13-. The number of hydrazone groups is 1. The van der Waals surface area contributed by atoms with E-state index in [9.17, 15) is 4.79 Å². The van der Waals surface area contributed by atoms with Crippen molar-refractivity contribution in [2.75, 3.05) is 14.2 Å². The molecular formula is C24H22ClIN2O4. The Morgan fingerprint density at radius 1 is 1.06 bits per heavy atom. The average Bonchev–Trinajstić information content (AvgIpc) is 2.79. The second-order valence-corrected chi connectivity index (χ2v) is 8.43. The summed E-state index contributed by atoms with van der Waals surface area (Å²) in [6.07, 6.45) is 1.49. The van der Waals surface area contributed by atoms with E-state index < -0.39 is 0 Å². The van der Waals surface area contributed by atoms with Crippen LogP contribution in [0.15, 0.2) is 59.7 Å². The summed E-state index contributed by atoms with van der Waals surface area (Å²) in [4.78, 5) is 12.3. The minimum absolute atomic E-state index is 0.355. The number of hydrogen-bond acceptors (Lipinski definition) is 5. The van der Waals surface area contributed by atoms with Crippen LogP contribution >= 0.6 is 34.2 Å². The molecule has 0 saturated carbocycles. The molecule has 0 saturated heterocycles. The van der Waals surface area contributed by atoms with Gasteiger partial charge in [0.05, 0.1) is 29.0 Å². The highest BCUT2D eigenvalue weighted by atomic mass is 127. The Bertz CT molecular complexity index is 1130. The number of benzene rings is 3. The van der Waals surface area contributed by atoms with Crippen molar-refractivity contribution >= 4 is 46.3 Å². The van der Waals surface area contributed by atoms with Crippen LogP contribution in [-0.4, -0.2) is 26.3 Å². The zero-order valence-corrected chi connectivity index (χ0v) is 20.7. The molecule has 3 rings (SSSR count). The lowest BCUT2D eigenvalue weighted by atomic mass is 10.1. The minimum Gasteiger partial charge on any atom is -0.496 e. The van der Waals surface area contributed by atoms with Gasteiger partial charge < -0.3 is 14.2 Å². The van der Waals surface area contributed by atoms with Crippen molar-refractivity contribution in [2.45, 2.75) is 13.5 Å². The van der Waals surface area contributed by atoms with Gasteiger partial charge in [-0.05, 0) is 71.0 Å². The first-order chi connectivity index (χ1) is 15.4. The van der Waals surface area contributed by atoms with E-state index in [1.807, 2.05) is 31.2 Å². The van der Waals surface area contributed by atoms with Crippen LogP contribution in [0, 0.1) is 10.5 Å². The van der Waals surface area contributed by atoms with Gasteiger partial charge >= 0.3 is 0 Å². The quantitative estimate of drug-likeness (QED) is 0.219. The Labute approximate surface area is 205 Å². The van der Waals surface area contributed by atoms with Crippen molar-refractivity contribution in [3.63, 3.8) is 0 Å². The molecule has 8 heteroatoms. The van der Waals surface area contributed by atoms with Crippen molar-refractivity contribution in [1.29, 1.82) is 0 Å². The fourth-order valence-corrected chi connectivity index (χ4v) is 3.65. The molecular weight excluding hydrogens is 543 g/mol. The van der Waals surface area contributed by atoms with Crippen molar-refractivity contribution in [3.8, 4) is 17.2 Å². The molecule has 166 valence electrons. The smallest absolute Gasteiger partial charge is 0.271 e. The molecule has 0 atom stereocenters. The molecule has 0 bridgehead atoms. The molecule has 1 N–H and O–H groups in total. The predicted molar refractivity (Wildman–Crippen MR) is 134 cm³/mol. The van der Waals surface area contributed by atoms with E-state index in [1.165, 1.54) is 18.9 Å². The van der Waals surface area contributed by atoms with Gasteiger partial charge in [0.2, 0.25) is 0 Å². The largest absolute Gasteiger partial charge is 0.496 e. The van der Waals surface area contributed by atoms with E-state index in [0.29, 0.717) is 40.0 Å². The van der Waals surface area contributed by atoms with Gasteiger partial charge in [0.25, 0.3) is 5.91 Å². The third-order valence-electron chi connectivity index (χ3n) is 4.55.